The van der Waals surface area contributed by atoms with Gasteiger partial charge in [0.05, 0.1) is 16.3 Å². The first-order valence-electron chi connectivity index (χ1n) is 9.48. The van der Waals surface area contributed by atoms with Crippen molar-refractivity contribution in [2.24, 2.45) is 0 Å². The van der Waals surface area contributed by atoms with E-state index < -0.39 is 0 Å². The highest BCUT2D eigenvalue weighted by Crippen LogP contribution is 2.30. The number of anilines is 2. The van der Waals surface area contributed by atoms with E-state index in [0.29, 0.717) is 21.8 Å². The number of aromatic nitrogens is 2. The van der Waals surface area contributed by atoms with E-state index in [1.165, 1.54) is 29.6 Å². The number of piperazine rings is 1. The summed E-state index contributed by atoms with van der Waals surface area (Å²) in [5.74, 6) is -0.183. The third-order valence-electron chi connectivity index (χ3n) is 4.66. The van der Waals surface area contributed by atoms with Gasteiger partial charge >= 0.3 is 0 Å². The second-order valence-corrected chi connectivity index (χ2v) is 9.57. The number of nitrogens with one attached hydrogen (secondary N) is 2. The summed E-state index contributed by atoms with van der Waals surface area (Å²) in [5, 5.41) is 7.39. The van der Waals surface area contributed by atoms with Gasteiger partial charge in [0.1, 0.15) is 5.52 Å². The molecule has 0 aliphatic carbocycles. The lowest BCUT2D eigenvalue weighted by Crippen LogP contribution is -2.48. The average Bonchev–Trinajstić information content (AvgIpc) is 3.30. The molecule has 1 fully saturated rings. The molecule has 0 atom stereocenters. The minimum absolute atomic E-state index is 0.0685. The Hall–Kier alpha value is -2.11. The number of benzene rings is 1. The molecule has 2 N–H and O–H groups in total. The topological polar surface area (TPSA) is 90.5 Å². The molecular formula is C19H21ClN6O2S2. The molecule has 0 saturated carbocycles. The molecule has 1 aliphatic heterocycles. The van der Waals surface area contributed by atoms with Crippen molar-refractivity contribution in [1.29, 1.82) is 0 Å². The summed E-state index contributed by atoms with van der Waals surface area (Å²) in [7, 11) is 0. The van der Waals surface area contributed by atoms with Gasteiger partial charge in [-0.05, 0) is 12.1 Å². The first-order valence-corrected chi connectivity index (χ1v) is 11.5. The lowest BCUT2D eigenvalue weighted by Gasteiger charge is -2.33. The van der Waals surface area contributed by atoms with Crippen molar-refractivity contribution in [3.05, 3.63) is 34.3 Å². The van der Waals surface area contributed by atoms with Gasteiger partial charge in [-0.3, -0.25) is 19.4 Å². The van der Waals surface area contributed by atoms with Gasteiger partial charge in [-0.2, -0.15) is 0 Å². The Morgan fingerprint density at radius 2 is 1.87 bits per heavy atom. The predicted molar refractivity (Wildman–Crippen MR) is 121 cm³/mol. The monoisotopic (exact) mass is 464 g/mol. The smallest absolute Gasteiger partial charge is 0.240 e. The number of thiazole rings is 2. The van der Waals surface area contributed by atoms with Crippen molar-refractivity contribution in [2.45, 2.75) is 13.5 Å². The fourth-order valence-corrected chi connectivity index (χ4v) is 5.33. The number of carbonyl (C=O) groups is 2. The minimum atomic E-state index is -0.114. The third kappa shape index (κ3) is 5.32. The lowest BCUT2D eigenvalue weighted by atomic mass is 10.3. The molecule has 0 spiro atoms. The highest BCUT2D eigenvalue weighted by atomic mass is 35.5. The molecule has 30 heavy (non-hydrogen) atoms. The van der Waals surface area contributed by atoms with Crippen LogP contribution in [0.2, 0.25) is 5.02 Å². The van der Waals surface area contributed by atoms with Crippen LogP contribution in [0, 0.1) is 0 Å². The quantitative estimate of drug-likeness (QED) is 0.582. The first-order chi connectivity index (χ1) is 14.5. The highest BCUT2D eigenvalue weighted by Gasteiger charge is 2.20. The van der Waals surface area contributed by atoms with Gasteiger partial charge in [0.2, 0.25) is 11.8 Å². The van der Waals surface area contributed by atoms with Gasteiger partial charge < -0.3 is 10.6 Å². The van der Waals surface area contributed by atoms with Crippen molar-refractivity contribution >= 4 is 66.6 Å². The van der Waals surface area contributed by atoms with Crippen molar-refractivity contribution in [3.63, 3.8) is 0 Å². The first kappa shape index (κ1) is 21.1. The SMILES string of the molecule is CC(=O)Nc1ncc(CN2CCN(CC(=O)Nc3nc4c(Cl)cccc4s3)CC2)s1. The molecule has 1 aromatic carbocycles. The molecule has 0 bridgehead atoms. The molecule has 2 aromatic heterocycles. The number of fused-ring (bicyclic) bond motifs is 1. The van der Waals surface area contributed by atoms with Crippen LogP contribution < -0.4 is 10.6 Å². The van der Waals surface area contributed by atoms with Crippen molar-refractivity contribution < 1.29 is 9.59 Å². The van der Waals surface area contributed by atoms with Crippen LogP contribution >= 0.6 is 34.3 Å². The van der Waals surface area contributed by atoms with Gasteiger partial charge in [0.15, 0.2) is 10.3 Å². The predicted octanol–water partition coefficient (Wildman–Crippen LogP) is 3.12. The van der Waals surface area contributed by atoms with Crippen LogP contribution in [0.4, 0.5) is 10.3 Å². The molecule has 3 aromatic rings. The summed E-state index contributed by atoms with van der Waals surface area (Å²) in [4.78, 5) is 37.8. The standard InChI is InChI=1S/C19H21ClN6O2S2/c1-12(27)22-18-21-9-13(29-18)10-25-5-7-26(8-6-25)11-16(28)23-19-24-17-14(20)3-2-4-15(17)30-19/h2-4,9H,5-8,10-11H2,1H3,(H,21,22,27)(H,23,24,28). The van der Waals surface area contributed by atoms with Gasteiger partial charge in [-0.15, -0.1) is 11.3 Å². The van der Waals surface area contributed by atoms with Crippen LogP contribution in [0.1, 0.15) is 11.8 Å². The van der Waals surface area contributed by atoms with E-state index in [0.717, 1.165) is 47.8 Å². The number of rotatable bonds is 6. The average molecular weight is 465 g/mol. The molecule has 1 saturated heterocycles. The molecular weight excluding hydrogens is 444 g/mol. The molecule has 4 rings (SSSR count). The van der Waals surface area contributed by atoms with Crippen LogP contribution in [-0.4, -0.2) is 64.3 Å². The van der Waals surface area contributed by atoms with E-state index in [4.69, 9.17) is 11.6 Å². The molecule has 8 nitrogen and oxygen atoms in total. The summed E-state index contributed by atoms with van der Waals surface area (Å²) in [6.45, 7) is 5.98. The minimum Gasteiger partial charge on any atom is -0.302 e. The number of carbonyl (C=O) groups excluding carboxylic acids is 2. The molecule has 11 heteroatoms. The summed E-state index contributed by atoms with van der Waals surface area (Å²) >= 11 is 9.07. The Balaban J connectivity index is 1.24. The second-order valence-electron chi connectivity index (χ2n) is 7.02. The molecule has 1 aliphatic rings. The van der Waals surface area contributed by atoms with Crippen LogP contribution in [0.5, 0.6) is 0 Å². The van der Waals surface area contributed by atoms with E-state index in [2.05, 4.69) is 30.4 Å². The molecule has 158 valence electrons. The Labute approximate surface area is 186 Å². The fourth-order valence-electron chi connectivity index (χ4n) is 3.25. The number of hydrogen-bond donors (Lipinski definition) is 2. The summed E-state index contributed by atoms with van der Waals surface area (Å²) in [5.41, 5.74) is 0.720. The zero-order valence-corrected chi connectivity index (χ0v) is 18.7. The summed E-state index contributed by atoms with van der Waals surface area (Å²) in [6.07, 6.45) is 1.81. The third-order valence-corrected chi connectivity index (χ3v) is 6.80. The zero-order chi connectivity index (χ0) is 21.1. The lowest BCUT2D eigenvalue weighted by molar-refractivity contribution is -0.117. The van der Waals surface area contributed by atoms with E-state index in [-0.39, 0.29) is 11.8 Å². The second kappa shape index (κ2) is 9.36. The van der Waals surface area contributed by atoms with Crippen LogP contribution in [-0.2, 0) is 16.1 Å². The maximum absolute atomic E-state index is 12.4. The van der Waals surface area contributed by atoms with Crippen LogP contribution in [0.25, 0.3) is 10.2 Å². The zero-order valence-electron chi connectivity index (χ0n) is 16.4. The Kier molecular flexibility index (Phi) is 6.59. The maximum Gasteiger partial charge on any atom is 0.240 e. The Morgan fingerprint density at radius 3 is 2.60 bits per heavy atom. The van der Waals surface area contributed by atoms with Crippen LogP contribution in [0.15, 0.2) is 24.4 Å². The number of nitrogens with zero attached hydrogens (tertiary/aromatic N) is 4. The van der Waals surface area contributed by atoms with Crippen LogP contribution in [0.3, 0.4) is 0 Å². The Morgan fingerprint density at radius 1 is 1.10 bits per heavy atom. The van der Waals surface area contributed by atoms with Gasteiger partial charge in [0.25, 0.3) is 0 Å². The van der Waals surface area contributed by atoms with E-state index in [1.807, 2.05) is 12.1 Å². The Bertz CT molecular complexity index is 1060. The van der Waals surface area contributed by atoms with Gasteiger partial charge in [-0.25, -0.2) is 9.97 Å². The van der Waals surface area contributed by atoms with Gasteiger partial charge in [-0.1, -0.05) is 29.0 Å². The number of para-hydroxylation sites is 1. The maximum atomic E-state index is 12.4. The normalized spacial score (nSPS) is 15.4. The molecule has 3 heterocycles. The van der Waals surface area contributed by atoms with Crippen molar-refractivity contribution in [2.75, 3.05) is 43.4 Å². The van der Waals surface area contributed by atoms with E-state index >= 15 is 0 Å². The largest absolute Gasteiger partial charge is 0.302 e. The fraction of sp³-hybridized carbons (Fsp3) is 0.368. The van der Waals surface area contributed by atoms with E-state index in [1.54, 1.807) is 12.3 Å². The van der Waals surface area contributed by atoms with Crippen molar-refractivity contribution in [3.8, 4) is 0 Å². The number of halogens is 1. The van der Waals surface area contributed by atoms with Crippen molar-refractivity contribution in [1.82, 2.24) is 19.8 Å². The molecule has 0 radical (unpaired) electrons. The van der Waals surface area contributed by atoms with Gasteiger partial charge in [0, 0.05) is 50.7 Å². The summed E-state index contributed by atoms with van der Waals surface area (Å²) in [6, 6.07) is 5.61. The molecule has 2 amide bonds. The highest BCUT2D eigenvalue weighted by molar-refractivity contribution is 7.22. The molecule has 0 unspecified atom stereocenters. The number of amides is 2. The number of hydrogen-bond acceptors (Lipinski definition) is 8. The van der Waals surface area contributed by atoms with E-state index in [9.17, 15) is 9.59 Å². The summed E-state index contributed by atoms with van der Waals surface area (Å²) < 4.78 is 0.955.